The zero-order valence-electron chi connectivity index (χ0n) is 13.6. The second-order valence-corrected chi connectivity index (χ2v) is 5.15. The van der Waals surface area contributed by atoms with Gasteiger partial charge in [0.15, 0.2) is 0 Å². The van der Waals surface area contributed by atoms with E-state index in [2.05, 4.69) is 4.57 Å². The van der Waals surface area contributed by atoms with Gasteiger partial charge in [0.05, 0.1) is 22.0 Å². The molecule has 0 atom stereocenters. The van der Waals surface area contributed by atoms with Crippen molar-refractivity contribution in [1.82, 2.24) is 4.57 Å². The molecule has 0 radical (unpaired) electrons. The van der Waals surface area contributed by atoms with Crippen LogP contribution in [-0.4, -0.2) is 4.57 Å². The lowest BCUT2D eigenvalue weighted by Crippen LogP contribution is -2.29. The van der Waals surface area contributed by atoms with E-state index < -0.39 is 6.98 Å². The summed E-state index contributed by atoms with van der Waals surface area (Å²) < 4.78 is 33.2. The van der Waals surface area contributed by atoms with Crippen molar-refractivity contribution in [1.29, 1.82) is 0 Å². The van der Waals surface area contributed by atoms with Crippen LogP contribution in [0.5, 0.6) is 0 Å². The number of imidazole rings is 1. The van der Waals surface area contributed by atoms with E-state index in [-0.39, 0.29) is 0 Å². The van der Waals surface area contributed by atoms with E-state index in [1.54, 1.807) is 0 Å². The minimum Gasteiger partial charge on any atom is -0.419 e. The molecule has 0 N–H and O–H groups in total. The summed E-state index contributed by atoms with van der Waals surface area (Å²) in [5.74, 6) is 0.695. The van der Waals surface area contributed by atoms with Crippen LogP contribution in [0.1, 0.15) is 9.68 Å². The normalized spacial score (nSPS) is 15.9. The lowest BCUT2D eigenvalue weighted by molar-refractivity contribution is -0.640. The van der Waals surface area contributed by atoms with E-state index in [0.29, 0.717) is 23.7 Å². The fraction of sp³-hybridized carbons (Fsp3) is 0.118. The van der Waals surface area contributed by atoms with Crippen LogP contribution >= 0.6 is 0 Å². The van der Waals surface area contributed by atoms with Crippen LogP contribution in [-0.2, 0) is 13.5 Å². The molecule has 0 fully saturated rings. The zero-order valence-corrected chi connectivity index (χ0v) is 10.6. The molecule has 0 saturated carbocycles. The Morgan fingerprint density at radius 3 is 2.95 bits per heavy atom. The first kappa shape index (κ1) is 7.90. The first-order valence-electron chi connectivity index (χ1n) is 8.10. The van der Waals surface area contributed by atoms with Crippen LogP contribution in [0.3, 0.4) is 0 Å². The SMILES string of the molecule is [2H]C([2H])([2H])[n+]1c2n(c3c4ccccc4oc31)Cc1ccccc1-2. The predicted octanol–water partition coefficient (Wildman–Crippen LogP) is 3.24. The number of hydrogen-bond acceptors (Lipinski definition) is 1. The first-order chi connectivity index (χ1) is 11.1. The number of aryl methyl sites for hydroxylation is 1. The summed E-state index contributed by atoms with van der Waals surface area (Å²) >= 11 is 0. The Labute approximate surface area is 119 Å². The molecule has 20 heavy (non-hydrogen) atoms. The summed E-state index contributed by atoms with van der Waals surface area (Å²) in [6.45, 7) is -1.64. The van der Waals surface area contributed by atoms with Gasteiger partial charge in [0.1, 0.15) is 12.1 Å². The Kier molecular flexibility index (Phi) is 1.31. The Morgan fingerprint density at radius 1 is 1.15 bits per heavy atom. The Balaban J connectivity index is 2.01. The van der Waals surface area contributed by atoms with Gasteiger partial charge in [0.2, 0.25) is 5.52 Å². The molecule has 96 valence electrons. The Morgan fingerprint density at radius 2 is 2.00 bits per heavy atom. The van der Waals surface area contributed by atoms with Crippen LogP contribution in [0, 0.1) is 0 Å². The molecule has 4 aromatic rings. The van der Waals surface area contributed by atoms with E-state index in [0.717, 1.165) is 22.0 Å². The number of aromatic nitrogens is 2. The maximum absolute atomic E-state index is 7.98. The molecule has 0 unspecified atom stereocenters. The summed E-state index contributed by atoms with van der Waals surface area (Å²) in [4.78, 5) is 0. The van der Waals surface area contributed by atoms with Crippen molar-refractivity contribution < 1.29 is 13.1 Å². The summed E-state index contributed by atoms with van der Waals surface area (Å²) in [5.41, 5.74) is 4.06. The van der Waals surface area contributed by atoms with E-state index >= 15 is 0 Å². The fourth-order valence-corrected chi connectivity index (χ4v) is 3.22. The molecule has 0 spiro atoms. The number of furan rings is 1. The monoisotopic (exact) mass is 264 g/mol. The third kappa shape index (κ3) is 1.05. The van der Waals surface area contributed by atoms with Gasteiger partial charge in [-0.2, -0.15) is 4.57 Å². The number of fused-ring (bicyclic) bond motifs is 7. The molecule has 0 bridgehead atoms. The number of rotatable bonds is 0. The largest absolute Gasteiger partial charge is 0.419 e. The van der Waals surface area contributed by atoms with Gasteiger partial charge in [-0.3, -0.25) is 0 Å². The second kappa shape index (κ2) is 3.31. The van der Waals surface area contributed by atoms with Gasteiger partial charge in [-0.05, 0) is 18.2 Å². The first-order valence-corrected chi connectivity index (χ1v) is 6.60. The average molecular weight is 264 g/mol. The second-order valence-electron chi connectivity index (χ2n) is 5.15. The van der Waals surface area contributed by atoms with Gasteiger partial charge < -0.3 is 4.42 Å². The summed E-state index contributed by atoms with van der Waals surface area (Å²) in [7, 11) is 0. The van der Waals surface area contributed by atoms with E-state index in [9.17, 15) is 0 Å². The molecule has 1 aliphatic heterocycles. The van der Waals surface area contributed by atoms with Crippen LogP contribution in [0.2, 0.25) is 0 Å². The molecule has 0 aliphatic carbocycles. The average Bonchev–Trinajstić information content (AvgIpc) is 3.12. The van der Waals surface area contributed by atoms with Gasteiger partial charge in [-0.15, -0.1) is 0 Å². The Bertz CT molecular complexity index is 1090. The van der Waals surface area contributed by atoms with E-state index in [1.807, 2.05) is 48.5 Å². The maximum Gasteiger partial charge on any atom is 0.339 e. The number of para-hydroxylation sites is 1. The molecule has 3 heterocycles. The smallest absolute Gasteiger partial charge is 0.339 e. The van der Waals surface area contributed by atoms with Crippen molar-refractivity contribution in [2.24, 2.45) is 6.98 Å². The van der Waals surface area contributed by atoms with Crippen molar-refractivity contribution in [2.75, 3.05) is 0 Å². The molecule has 0 amide bonds. The molecule has 5 rings (SSSR count). The van der Waals surface area contributed by atoms with Crippen LogP contribution in [0.15, 0.2) is 52.9 Å². The molecule has 2 aromatic carbocycles. The minimum absolute atomic E-state index is 0.413. The van der Waals surface area contributed by atoms with Gasteiger partial charge in [0, 0.05) is 5.56 Å². The van der Waals surface area contributed by atoms with Crippen molar-refractivity contribution in [3.05, 3.63) is 54.1 Å². The molecule has 0 saturated heterocycles. The maximum atomic E-state index is 7.98. The van der Waals surface area contributed by atoms with Crippen molar-refractivity contribution in [3.8, 4) is 11.4 Å². The van der Waals surface area contributed by atoms with Crippen LogP contribution < -0.4 is 4.57 Å². The highest BCUT2D eigenvalue weighted by molar-refractivity contribution is 6.01. The molecule has 3 nitrogen and oxygen atoms in total. The number of nitrogens with zero attached hydrogens (tertiary/aromatic N) is 2. The highest BCUT2D eigenvalue weighted by Crippen LogP contribution is 2.37. The van der Waals surface area contributed by atoms with E-state index in [4.69, 9.17) is 8.53 Å². The third-order valence-corrected chi connectivity index (χ3v) is 4.08. The molecule has 2 aromatic heterocycles. The highest BCUT2D eigenvalue weighted by Gasteiger charge is 2.35. The standard InChI is InChI=1S/C17H13N2O/c1-18-16-12-7-3-2-6-11(12)10-19(16)15-13-8-4-5-9-14(13)20-17(15)18/h2-9H,10H2,1H3/q+1/i1D3. The predicted molar refractivity (Wildman–Crippen MR) is 77.4 cm³/mol. The Hall–Kier alpha value is -2.55. The summed E-state index contributed by atoms with van der Waals surface area (Å²) in [6, 6.07) is 15.6. The van der Waals surface area contributed by atoms with Gasteiger partial charge in [-0.1, -0.05) is 30.3 Å². The zero-order chi connectivity index (χ0) is 15.8. The summed E-state index contributed by atoms with van der Waals surface area (Å²) in [5, 5.41) is 0.944. The number of benzene rings is 2. The highest BCUT2D eigenvalue weighted by atomic mass is 16.3. The quantitative estimate of drug-likeness (QED) is 0.394. The third-order valence-electron chi connectivity index (χ3n) is 4.08. The molecule has 3 heteroatoms. The van der Waals surface area contributed by atoms with Crippen LogP contribution in [0.4, 0.5) is 0 Å². The lowest BCUT2D eigenvalue weighted by Gasteiger charge is -1.93. The van der Waals surface area contributed by atoms with Gasteiger partial charge in [-0.25, -0.2) is 4.57 Å². The van der Waals surface area contributed by atoms with Crippen molar-refractivity contribution >= 4 is 22.2 Å². The topological polar surface area (TPSA) is 21.9 Å². The summed E-state index contributed by atoms with van der Waals surface area (Å²) in [6.07, 6.45) is 0. The number of hydrogen-bond donors (Lipinski definition) is 0. The van der Waals surface area contributed by atoms with Crippen molar-refractivity contribution in [3.63, 3.8) is 0 Å². The van der Waals surface area contributed by atoms with Crippen molar-refractivity contribution in [2.45, 2.75) is 6.54 Å². The molecular weight excluding hydrogens is 248 g/mol. The molecule has 1 aliphatic rings. The van der Waals surface area contributed by atoms with Gasteiger partial charge in [0.25, 0.3) is 5.82 Å². The fourth-order valence-electron chi connectivity index (χ4n) is 3.22. The van der Waals surface area contributed by atoms with E-state index in [1.165, 1.54) is 4.57 Å². The van der Waals surface area contributed by atoms with Gasteiger partial charge >= 0.3 is 5.71 Å². The minimum atomic E-state index is -2.30. The molecular formula is C17H13N2O+. The van der Waals surface area contributed by atoms with Crippen LogP contribution in [0.25, 0.3) is 33.6 Å². The lowest BCUT2D eigenvalue weighted by atomic mass is 10.1.